The maximum Gasteiger partial charge on any atom is 0.158 e. The Labute approximate surface area is 93.1 Å². The van der Waals surface area contributed by atoms with Crippen LogP contribution in [0.3, 0.4) is 0 Å². The van der Waals surface area contributed by atoms with Crippen LogP contribution in [0, 0.1) is 11.3 Å². The van der Waals surface area contributed by atoms with Gasteiger partial charge in [-0.3, -0.25) is 0 Å². The van der Waals surface area contributed by atoms with E-state index in [1.54, 1.807) is 6.20 Å². The molecule has 1 fully saturated rings. The Morgan fingerprint density at radius 2 is 2.13 bits per heavy atom. The number of anilines is 1. The molecule has 1 aromatic rings. The topological polar surface area (TPSA) is 61.6 Å². The van der Waals surface area contributed by atoms with E-state index in [1.165, 1.54) is 30.5 Å². The third-order valence-corrected chi connectivity index (χ3v) is 3.39. The number of nitrogens with one attached hydrogen (secondary N) is 1. The predicted octanol–water partition coefficient (Wildman–Crippen LogP) is 1.66. The number of thioether (sulfide) groups is 1. The first-order valence-electron chi connectivity index (χ1n) is 4.95. The monoisotopic (exact) mass is 220 g/mol. The van der Waals surface area contributed by atoms with Gasteiger partial charge in [0.25, 0.3) is 0 Å². The first-order chi connectivity index (χ1) is 7.38. The van der Waals surface area contributed by atoms with Crippen LogP contribution in [0.4, 0.5) is 5.82 Å². The average molecular weight is 220 g/mol. The Bertz CT molecular complexity index is 351. The molecule has 15 heavy (non-hydrogen) atoms. The van der Waals surface area contributed by atoms with Gasteiger partial charge in [-0.2, -0.15) is 17.0 Å². The summed E-state index contributed by atoms with van der Waals surface area (Å²) in [5, 5.41) is 11.9. The molecule has 4 nitrogen and oxygen atoms in total. The second-order valence-corrected chi connectivity index (χ2v) is 4.65. The molecule has 1 saturated heterocycles. The summed E-state index contributed by atoms with van der Waals surface area (Å²) in [6.45, 7) is 0. The van der Waals surface area contributed by atoms with E-state index in [0.29, 0.717) is 11.7 Å². The van der Waals surface area contributed by atoms with Crippen molar-refractivity contribution in [1.29, 1.82) is 5.26 Å². The molecule has 1 aliphatic rings. The van der Waals surface area contributed by atoms with Crippen LogP contribution < -0.4 is 5.32 Å². The first kappa shape index (κ1) is 10.2. The Morgan fingerprint density at radius 1 is 1.33 bits per heavy atom. The molecule has 1 aromatic heterocycles. The van der Waals surface area contributed by atoms with Crippen LogP contribution in [0.25, 0.3) is 0 Å². The second-order valence-electron chi connectivity index (χ2n) is 3.43. The lowest BCUT2D eigenvalue weighted by atomic mass is 10.1. The summed E-state index contributed by atoms with van der Waals surface area (Å²) in [7, 11) is 0. The average Bonchev–Trinajstić information content (AvgIpc) is 2.31. The van der Waals surface area contributed by atoms with Crippen LogP contribution in [-0.4, -0.2) is 27.5 Å². The molecule has 0 amide bonds. The maximum absolute atomic E-state index is 8.57. The zero-order valence-corrected chi connectivity index (χ0v) is 9.13. The van der Waals surface area contributed by atoms with E-state index in [1.807, 2.05) is 17.8 Å². The predicted molar refractivity (Wildman–Crippen MR) is 60.7 cm³/mol. The van der Waals surface area contributed by atoms with Crippen molar-refractivity contribution < 1.29 is 0 Å². The van der Waals surface area contributed by atoms with E-state index in [9.17, 15) is 0 Å². The number of aromatic nitrogens is 2. The minimum atomic E-state index is 0.361. The quantitative estimate of drug-likeness (QED) is 0.821. The summed E-state index contributed by atoms with van der Waals surface area (Å²) in [6.07, 6.45) is 5.47. The fourth-order valence-corrected chi connectivity index (χ4v) is 2.62. The van der Waals surface area contributed by atoms with Crippen molar-refractivity contribution in [1.82, 2.24) is 9.97 Å². The van der Waals surface area contributed by atoms with Gasteiger partial charge >= 0.3 is 0 Å². The van der Waals surface area contributed by atoms with Crippen molar-refractivity contribution >= 4 is 17.6 Å². The number of nitriles is 1. The van der Waals surface area contributed by atoms with E-state index in [0.717, 1.165) is 5.82 Å². The van der Waals surface area contributed by atoms with E-state index >= 15 is 0 Å². The molecule has 5 heteroatoms. The lowest BCUT2D eigenvalue weighted by Gasteiger charge is -2.22. The second kappa shape index (κ2) is 4.99. The molecule has 0 radical (unpaired) electrons. The van der Waals surface area contributed by atoms with Crippen LogP contribution in [0.15, 0.2) is 12.4 Å². The molecule has 0 aliphatic carbocycles. The van der Waals surface area contributed by atoms with Crippen LogP contribution in [0.5, 0.6) is 0 Å². The highest BCUT2D eigenvalue weighted by atomic mass is 32.2. The van der Waals surface area contributed by atoms with Crippen LogP contribution in [-0.2, 0) is 0 Å². The summed E-state index contributed by atoms with van der Waals surface area (Å²) < 4.78 is 0. The SMILES string of the molecule is N#Cc1cnc(NC2CCSCC2)cn1. The van der Waals surface area contributed by atoms with Gasteiger partial charge in [-0.05, 0) is 24.3 Å². The molecule has 0 spiro atoms. The van der Waals surface area contributed by atoms with Crippen molar-refractivity contribution in [2.45, 2.75) is 18.9 Å². The normalized spacial score (nSPS) is 17.0. The Kier molecular flexibility index (Phi) is 3.41. The Hall–Kier alpha value is -1.28. The van der Waals surface area contributed by atoms with Crippen molar-refractivity contribution in [2.75, 3.05) is 16.8 Å². The van der Waals surface area contributed by atoms with Gasteiger partial charge < -0.3 is 5.32 Å². The standard InChI is InChI=1S/C10H12N4S/c11-5-9-6-13-10(7-12-9)14-8-1-3-15-4-2-8/h6-8H,1-4H2,(H,13,14). The zero-order chi connectivity index (χ0) is 10.5. The highest BCUT2D eigenvalue weighted by Gasteiger charge is 2.13. The summed E-state index contributed by atoms with van der Waals surface area (Å²) >= 11 is 2.00. The van der Waals surface area contributed by atoms with Crippen molar-refractivity contribution in [2.24, 2.45) is 0 Å². The lowest BCUT2D eigenvalue weighted by molar-refractivity contribution is 0.663. The Balaban J connectivity index is 1.95. The van der Waals surface area contributed by atoms with Gasteiger partial charge in [0, 0.05) is 6.04 Å². The molecular weight excluding hydrogens is 208 g/mol. The minimum absolute atomic E-state index is 0.361. The van der Waals surface area contributed by atoms with E-state index < -0.39 is 0 Å². The summed E-state index contributed by atoms with van der Waals surface area (Å²) in [4.78, 5) is 8.11. The molecule has 0 unspecified atom stereocenters. The zero-order valence-electron chi connectivity index (χ0n) is 8.31. The maximum atomic E-state index is 8.57. The van der Waals surface area contributed by atoms with Gasteiger partial charge in [-0.15, -0.1) is 0 Å². The molecule has 0 aromatic carbocycles. The van der Waals surface area contributed by atoms with E-state index in [4.69, 9.17) is 5.26 Å². The number of nitrogens with zero attached hydrogens (tertiary/aromatic N) is 3. The van der Waals surface area contributed by atoms with Crippen molar-refractivity contribution in [3.8, 4) is 6.07 Å². The molecule has 0 saturated carbocycles. The number of rotatable bonds is 2. The van der Waals surface area contributed by atoms with E-state index in [2.05, 4.69) is 15.3 Å². The fraction of sp³-hybridized carbons (Fsp3) is 0.500. The van der Waals surface area contributed by atoms with Gasteiger partial charge in [0.15, 0.2) is 5.69 Å². The first-order valence-corrected chi connectivity index (χ1v) is 6.10. The van der Waals surface area contributed by atoms with Gasteiger partial charge in [0.05, 0.1) is 12.4 Å². The molecule has 78 valence electrons. The molecule has 0 atom stereocenters. The van der Waals surface area contributed by atoms with Crippen LogP contribution in [0.1, 0.15) is 18.5 Å². The van der Waals surface area contributed by atoms with Crippen molar-refractivity contribution in [3.05, 3.63) is 18.1 Å². The van der Waals surface area contributed by atoms with Gasteiger partial charge in [-0.1, -0.05) is 0 Å². The highest BCUT2D eigenvalue weighted by Crippen LogP contribution is 2.19. The van der Waals surface area contributed by atoms with E-state index in [-0.39, 0.29) is 0 Å². The van der Waals surface area contributed by atoms with Crippen LogP contribution in [0.2, 0.25) is 0 Å². The summed E-state index contributed by atoms with van der Waals surface area (Å²) in [6, 6.07) is 2.46. The molecule has 1 aliphatic heterocycles. The van der Waals surface area contributed by atoms with Gasteiger partial charge in [-0.25, -0.2) is 9.97 Å². The van der Waals surface area contributed by atoms with Gasteiger partial charge in [0.2, 0.25) is 0 Å². The molecule has 2 heterocycles. The van der Waals surface area contributed by atoms with Crippen molar-refractivity contribution in [3.63, 3.8) is 0 Å². The van der Waals surface area contributed by atoms with Crippen LogP contribution >= 0.6 is 11.8 Å². The number of hydrogen-bond donors (Lipinski definition) is 1. The molecule has 2 rings (SSSR count). The lowest BCUT2D eigenvalue weighted by Crippen LogP contribution is -2.25. The third kappa shape index (κ3) is 2.83. The van der Waals surface area contributed by atoms with Gasteiger partial charge in [0.1, 0.15) is 11.9 Å². The number of hydrogen-bond acceptors (Lipinski definition) is 5. The molecule has 0 bridgehead atoms. The fourth-order valence-electron chi connectivity index (χ4n) is 1.51. The molecular formula is C10H12N4S. The largest absolute Gasteiger partial charge is 0.366 e. The summed E-state index contributed by atoms with van der Waals surface area (Å²) in [5.74, 6) is 3.19. The molecule has 1 N–H and O–H groups in total. The smallest absolute Gasteiger partial charge is 0.158 e. The third-order valence-electron chi connectivity index (χ3n) is 2.34. The Morgan fingerprint density at radius 3 is 2.73 bits per heavy atom. The minimum Gasteiger partial charge on any atom is -0.366 e. The summed E-state index contributed by atoms with van der Waals surface area (Å²) in [5.41, 5.74) is 0.361. The highest BCUT2D eigenvalue weighted by molar-refractivity contribution is 7.99.